The molecule has 0 spiro atoms. The van der Waals surface area contributed by atoms with Crippen LogP contribution in [0.2, 0.25) is 0 Å². The Hall–Kier alpha value is -1.06. The van der Waals surface area contributed by atoms with E-state index in [0.717, 1.165) is 31.7 Å². The number of hydrogen-bond acceptors (Lipinski definition) is 3. The summed E-state index contributed by atoms with van der Waals surface area (Å²) in [7, 11) is 0. The average molecular weight is 289 g/mol. The lowest BCUT2D eigenvalue weighted by molar-refractivity contribution is 0.0996. The molecule has 1 aromatic carbocycles. The third kappa shape index (κ3) is 4.45. The van der Waals surface area contributed by atoms with Crippen LogP contribution in [0.25, 0.3) is 0 Å². The van der Waals surface area contributed by atoms with Crippen LogP contribution in [0.15, 0.2) is 24.3 Å². The Morgan fingerprint density at radius 3 is 2.67 bits per heavy atom. The Kier molecular flexibility index (Phi) is 5.15. The van der Waals surface area contributed by atoms with Gasteiger partial charge < -0.3 is 14.8 Å². The zero-order chi connectivity index (χ0) is 14.5. The molecule has 2 aliphatic rings. The highest BCUT2D eigenvalue weighted by atomic mass is 16.5. The second-order valence-electron chi connectivity index (χ2n) is 6.21. The van der Waals surface area contributed by atoms with Crippen molar-refractivity contribution in [3.63, 3.8) is 0 Å². The van der Waals surface area contributed by atoms with E-state index < -0.39 is 0 Å². The fourth-order valence-electron chi connectivity index (χ4n) is 3.01. The van der Waals surface area contributed by atoms with E-state index in [1.54, 1.807) is 0 Å². The van der Waals surface area contributed by atoms with Crippen LogP contribution in [0.5, 0.6) is 5.75 Å². The molecule has 0 aromatic heterocycles. The first-order valence-corrected chi connectivity index (χ1v) is 8.46. The van der Waals surface area contributed by atoms with Crippen LogP contribution in [0.3, 0.4) is 0 Å². The van der Waals surface area contributed by atoms with E-state index in [4.69, 9.17) is 9.47 Å². The summed E-state index contributed by atoms with van der Waals surface area (Å²) in [5.41, 5.74) is 1.36. The first-order valence-electron chi connectivity index (χ1n) is 8.46. The van der Waals surface area contributed by atoms with Gasteiger partial charge in [0, 0.05) is 12.6 Å². The summed E-state index contributed by atoms with van der Waals surface area (Å²) in [4.78, 5) is 0. The first kappa shape index (κ1) is 14.9. The number of ether oxygens (including phenoxy) is 2. The average Bonchev–Trinajstić information content (AvgIpc) is 3.16. The van der Waals surface area contributed by atoms with Gasteiger partial charge in [-0.05, 0) is 62.8 Å². The van der Waals surface area contributed by atoms with Crippen LogP contribution < -0.4 is 10.1 Å². The van der Waals surface area contributed by atoms with Crippen molar-refractivity contribution in [2.45, 2.75) is 63.7 Å². The van der Waals surface area contributed by atoms with Gasteiger partial charge in [-0.1, -0.05) is 19.1 Å². The summed E-state index contributed by atoms with van der Waals surface area (Å²) in [5.74, 6) is 1.01. The molecule has 1 aliphatic carbocycles. The minimum Gasteiger partial charge on any atom is -0.490 e. The first-order chi connectivity index (χ1) is 10.3. The molecule has 1 heterocycles. The summed E-state index contributed by atoms with van der Waals surface area (Å²) >= 11 is 0. The van der Waals surface area contributed by atoms with Crippen LogP contribution in [0.4, 0.5) is 0 Å². The van der Waals surface area contributed by atoms with Crippen LogP contribution in [0, 0.1) is 0 Å². The highest BCUT2D eigenvalue weighted by molar-refractivity contribution is 5.29. The monoisotopic (exact) mass is 289 g/mol. The molecule has 2 fully saturated rings. The van der Waals surface area contributed by atoms with Crippen LogP contribution >= 0.6 is 0 Å². The Morgan fingerprint density at radius 1 is 1.24 bits per heavy atom. The van der Waals surface area contributed by atoms with E-state index in [1.165, 1.54) is 31.2 Å². The molecule has 0 radical (unpaired) electrons. The number of nitrogens with one attached hydrogen (secondary N) is 1. The topological polar surface area (TPSA) is 30.5 Å². The van der Waals surface area contributed by atoms with Crippen molar-refractivity contribution in [2.75, 3.05) is 13.2 Å². The Balaban J connectivity index is 1.55. The highest BCUT2D eigenvalue weighted by Crippen LogP contribution is 2.29. The zero-order valence-electron chi connectivity index (χ0n) is 13.0. The minimum absolute atomic E-state index is 0.425. The van der Waals surface area contributed by atoms with Gasteiger partial charge in [0.05, 0.1) is 12.2 Å². The fourth-order valence-corrected chi connectivity index (χ4v) is 3.01. The van der Waals surface area contributed by atoms with Gasteiger partial charge in [-0.15, -0.1) is 0 Å². The summed E-state index contributed by atoms with van der Waals surface area (Å²) in [5, 5.41) is 3.60. The van der Waals surface area contributed by atoms with Crippen LogP contribution in [-0.4, -0.2) is 25.4 Å². The number of benzene rings is 1. The van der Waals surface area contributed by atoms with Gasteiger partial charge in [-0.25, -0.2) is 0 Å². The van der Waals surface area contributed by atoms with Gasteiger partial charge in [0.25, 0.3) is 0 Å². The maximum absolute atomic E-state index is 5.82. The molecule has 2 atom stereocenters. The molecule has 1 N–H and O–H groups in total. The van der Waals surface area contributed by atoms with Crippen molar-refractivity contribution >= 4 is 0 Å². The lowest BCUT2D eigenvalue weighted by atomic mass is 9.99. The second-order valence-corrected chi connectivity index (χ2v) is 6.21. The fraction of sp³-hybridized carbons (Fsp3) is 0.667. The molecule has 116 valence electrons. The van der Waals surface area contributed by atoms with Gasteiger partial charge in [0.15, 0.2) is 0 Å². The molecule has 3 rings (SSSR count). The van der Waals surface area contributed by atoms with Crippen molar-refractivity contribution < 1.29 is 9.47 Å². The predicted molar refractivity (Wildman–Crippen MR) is 84.7 cm³/mol. The van der Waals surface area contributed by atoms with Gasteiger partial charge in [0.2, 0.25) is 0 Å². The SMILES string of the molecule is CCNC(CCC1CCCO1)c1ccc(OC2CC2)cc1. The van der Waals surface area contributed by atoms with E-state index in [1.807, 2.05) is 0 Å². The van der Waals surface area contributed by atoms with Crippen molar-refractivity contribution in [2.24, 2.45) is 0 Å². The largest absolute Gasteiger partial charge is 0.490 e. The standard InChI is InChI=1S/C18H27NO2/c1-2-19-18(12-11-15-4-3-13-20-15)14-5-7-16(8-6-14)21-17-9-10-17/h5-8,15,17-19H,2-4,9-13H2,1H3. The van der Waals surface area contributed by atoms with Crippen LogP contribution in [-0.2, 0) is 4.74 Å². The smallest absolute Gasteiger partial charge is 0.119 e. The minimum atomic E-state index is 0.425. The van der Waals surface area contributed by atoms with Gasteiger partial charge >= 0.3 is 0 Å². The van der Waals surface area contributed by atoms with Crippen molar-refractivity contribution in [3.8, 4) is 5.75 Å². The third-order valence-electron chi connectivity index (χ3n) is 4.36. The molecule has 21 heavy (non-hydrogen) atoms. The molecule has 3 heteroatoms. The Labute approximate surface area is 128 Å². The van der Waals surface area contributed by atoms with E-state index in [0.29, 0.717) is 18.2 Å². The maximum Gasteiger partial charge on any atom is 0.119 e. The molecule has 1 aliphatic heterocycles. The summed E-state index contributed by atoms with van der Waals surface area (Å²) in [6, 6.07) is 9.07. The van der Waals surface area contributed by atoms with Crippen LogP contribution in [0.1, 0.15) is 57.1 Å². The highest BCUT2D eigenvalue weighted by Gasteiger charge is 2.23. The lowest BCUT2D eigenvalue weighted by Gasteiger charge is -2.20. The molecule has 1 saturated carbocycles. The third-order valence-corrected chi connectivity index (χ3v) is 4.36. The Morgan fingerprint density at radius 2 is 2.05 bits per heavy atom. The number of rotatable bonds is 8. The molecule has 0 amide bonds. The van der Waals surface area contributed by atoms with E-state index in [9.17, 15) is 0 Å². The molecule has 0 bridgehead atoms. The summed E-state index contributed by atoms with van der Waals surface area (Å²) < 4.78 is 11.6. The molecule has 2 unspecified atom stereocenters. The molecular weight excluding hydrogens is 262 g/mol. The van der Waals surface area contributed by atoms with Crippen molar-refractivity contribution in [3.05, 3.63) is 29.8 Å². The summed E-state index contributed by atoms with van der Waals surface area (Å²) in [6.45, 7) is 4.11. The molecular formula is C18H27NO2. The van der Waals surface area contributed by atoms with Gasteiger partial charge in [-0.2, -0.15) is 0 Å². The normalized spacial score (nSPS) is 23.2. The van der Waals surface area contributed by atoms with E-state index >= 15 is 0 Å². The Bertz CT molecular complexity index is 421. The quantitative estimate of drug-likeness (QED) is 0.789. The molecule has 1 aromatic rings. The number of hydrogen-bond donors (Lipinski definition) is 1. The molecule has 1 saturated heterocycles. The lowest BCUT2D eigenvalue weighted by Crippen LogP contribution is -2.22. The predicted octanol–water partition coefficient (Wildman–Crippen LogP) is 3.84. The van der Waals surface area contributed by atoms with Crippen molar-refractivity contribution in [1.82, 2.24) is 5.32 Å². The van der Waals surface area contributed by atoms with Gasteiger partial charge in [0.1, 0.15) is 5.75 Å². The summed E-state index contributed by atoms with van der Waals surface area (Å²) in [6.07, 6.45) is 8.12. The molecule has 3 nitrogen and oxygen atoms in total. The zero-order valence-corrected chi connectivity index (χ0v) is 13.0. The van der Waals surface area contributed by atoms with Gasteiger partial charge in [-0.3, -0.25) is 0 Å². The second kappa shape index (κ2) is 7.28. The maximum atomic E-state index is 5.82. The van der Waals surface area contributed by atoms with E-state index in [-0.39, 0.29) is 0 Å². The van der Waals surface area contributed by atoms with Crippen molar-refractivity contribution in [1.29, 1.82) is 0 Å². The van der Waals surface area contributed by atoms with E-state index in [2.05, 4.69) is 36.5 Å².